The summed E-state index contributed by atoms with van der Waals surface area (Å²) in [6.45, 7) is 4.28. The second-order valence-electron chi connectivity index (χ2n) is 6.09. The molecule has 102 valence electrons. The van der Waals surface area contributed by atoms with E-state index in [9.17, 15) is 0 Å². The molecule has 1 fully saturated rings. The highest BCUT2D eigenvalue weighted by atomic mass is 15.1. The van der Waals surface area contributed by atoms with Gasteiger partial charge >= 0.3 is 0 Å². The molecule has 21 heavy (non-hydrogen) atoms. The summed E-state index contributed by atoms with van der Waals surface area (Å²) in [5.41, 5.74) is 6.31. The van der Waals surface area contributed by atoms with Crippen molar-refractivity contribution in [2.24, 2.45) is 0 Å². The third-order valence-electron chi connectivity index (χ3n) is 5.06. The predicted molar refractivity (Wildman–Crippen MR) is 84.3 cm³/mol. The van der Waals surface area contributed by atoms with Crippen LogP contribution in [0.15, 0.2) is 60.9 Å². The predicted octanol–water partition coefficient (Wildman–Crippen LogP) is 3.93. The van der Waals surface area contributed by atoms with Gasteiger partial charge < -0.3 is 5.32 Å². The Hall–Kier alpha value is -2.55. The third-order valence-corrected chi connectivity index (χ3v) is 5.06. The van der Waals surface area contributed by atoms with Crippen LogP contribution in [0.25, 0.3) is 10.9 Å². The summed E-state index contributed by atoms with van der Waals surface area (Å²) in [5.74, 6) is 0.508. The highest BCUT2D eigenvalue weighted by Gasteiger charge is 2.61. The first-order valence-electron chi connectivity index (χ1n) is 7.28. The zero-order valence-corrected chi connectivity index (χ0v) is 11.6. The van der Waals surface area contributed by atoms with Crippen LogP contribution >= 0.6 is 0 Å². The first-order chi connectivity index (χ1) is 10.3. The number of hydrogen-bond donors (Lipinski definition) is 2. The Labute approximate surface area is 122 Å². The first-order valence-corrected chi connectivity index (χ1v) is 7.28. The quantitative estimate of drug-likeness (QED) is 0.705. The maximum Gasteiger partial charge on any atom is 0.0653 e. The number of fused-ring (bicyclic) bond motifs is 3. The summed E-state index contributed by atoms with van der Waals surface area (Å²) in [5, 5.41) is 11.8. The topological polar surface area (TPSA) is 40.7 Å². The SMILES string of the molecule is C=C1Nc2ccccc2[C@]12CC2c1ccc2cn[nH]c2c1. The van der Waals surface area contributed by atoms with E-state index in [0.717, 1.165) is 23.0 Å². The third kappa shape index (κ3) is 1.31. The van der Waals surface area contributed by atoms with Gasteiger partial charge in [0.05, 0.1) is 11.7 Å². The van der Waals surface area contributed by atoms with Gasteiger partial charge in [-0.15, -0.1) is 0 Å². The van der Waals surface area contributed by atoms with Gasteiger partial charge in [0.2, 0.25) is 0 Å². The fraction of sp³-hybridized carbons (Fsp3) is 0.167. The molecule has 2 aromatic carbocycles. The monoisotopic (exact) mass is 273 g/mol. The number of nitrogens with one attached hydrogen (secondary N) is 2. The van der Waals surface area contributed by atoms with Gasteiger partial charge in [-0.05, 0) is 29.7 Å². The molecular formula is C18H15N3. The Morgan fingerprint density at radius 2 is 2.10 bits per heavy atom. The number of allylic oxidation sites excluding steroid dienone is 1. The highest BCUT2D eigenvalue weighted by Crippen LogP contribution is 2.68. The number of aromatic amines is 1. The molecule has 1 aromatic heterocycles. The van der Waals surface area contributed by atoms with E-state index in [-0.39, 0.29) is 5.41 Å². The Morgan fingerprint density at radius 1 is 1.19 bits per heavy atom. The van der Waals surface area contributed by atoms with Crippen LogP contribution in [-0.4, -0.2) is 10.2 Å². The van der Waals surface area contributed by atoms with Gasteiger partial charge in [0.25, 0.3) is 0 Å². The fourth-order valence-corrected chi connectivity index (χ4v) is 3.89. The molecule has 2 N–H and O–H groups in total. The van der Waals surface area contributed by atoms with Gasteiger partial charge in [0, 0.05) is 28.1 Å². The lowest BCUT2D eigenvalue weighted by atomic mass is 9.90. The van der Waals surface area contributed by atoms with Crippen LogP contribution in [0.4, 0.5) is 5.69 Å². The molecule has 1 saturated carbocycles. The Balaban J connectivity index is 1.63. The molecule has 1 spiro atoms. The van der Waals surface area contributed by atoms with Crippen molar-refractivity contribution in [2.45, 2.75) is 17.8 Å². The Morgan fingerprint density at radius 3 is 3.05 bits per heavy atom. The molecule has 2 heterocycles. The van der Waals surface area contributed by atoms with Crippen molar-refractivity contribution >= 4 is 16.6 Å². The number of aromatic nitrogens is 2. The molecule has 2 atom stereocenters. The van der Waals surface area contributed by atoms with Crippen molar-refractivity contribution < 1.29 is 0 Å². The molecule has 2 aliphatic rings. The molecule has 3 nitrogen and oxygen atoms in total. The molecule has 1 unspecified atom stereocenters. The van der Waals surface area contributed by atoms with Gasteiger partial charge in [-0.25, -0.2) is 0 Å². The van der Waals surface area contributed by atoms with Crippen LogP contribution in [0.3, 0.4) is 0 Å². The van der Waals surface area contributed by atoms with E-state index in [1.54, 1.807) is 0 Å². The molecule has 1 aliphatic heterocycles. The van der Waals surface area contributed by atoms with Gasteiger partial charge in [0.1, 0.15) is 0 Å². The van der Waals surface area contributed by atoms with Crippen molar-refractivity contribution in [3.8, 4) is 0 Å². The summed E-state index contributed by atoms with van der Waals surface area (Å²) < 4.78 is 0. The fourth-order valence-electron chi connectivity index (χ4n) is 3.89. The zero-order chi connectivity index (χ0) is 14.0. The highest BCUT2D eigenvalue weighted by molar-refractivity contribution is 5.80. The number of anilines is 1. The number of rotatable bonds is 1. The Bertz CT molecular complexity index is 892. The lowest BCUT2D eigenvalue weighted by Gasteiger charge is -2.12. The second kappa shape index (κ2) is 3.55. The van der Waals surface area contributed by atoms with E-state index in [4.69, 9.17) is 0 Å². The summed E-state index contributed by atoms with van der Waals surface area (Å²) in [7, 11) is 0. The number of nitrogens with zero attached hydrogens (tertiary/aromatic N) is 1. The smallest absolute Gasteiger partial charge is 0.0653 e. The minimum absolute atomic E-state index is 0.0876. The lowest BCUT2D eigenvalue weighted by molar-refractivity contribution is 0.826. The van der Waals surface area contributed by atoms with Crippen molar-refractivity contribution in [1.29, 1.82) is 0 Å². The van der Waals surface area contributed by atoms with Crippen LogP contribution < -0.4 is 5.32 Å². The van der Waals surface area contributed by atoms with E-state index in [1.807, 2.05) is 6.20 Å². The molecule has 1 aliphatic carbocycles. The van der Waals surface area contributed by atoms with Gasteiger partial charge in [-0.3, -0.25) is 5.10 Å². The van der Waals surface area contributed by atoms with Gasteiger partial charge in [-0.1, -0.05) is 36.9 Å². The standard InChI is InChI=1S/C18H15N3/c1-11-18(14-4-2-3-5-16(14)20-11)9-15(18)12-6-7-13-10-19-21-17(13)8-12/h2-8,10,15,20H,1,9H2,(H,19,21)/t15?,18-/m0/s1. The van der Waals surface area contributed by atoms with Gasteiger partial charge in [-0.2, -0.15) is 5.10 Å². The van der Waals surface area contributed by atoms with E-state index in [2.05, 4.69) is 64.6 Å². The molecule has 5 rings (SSSR count). The molecular weight excluding hydrogens is 258 g/mol. The van der Waals surface area contributed by atoms with Crippen LogP contribution in [0.1, 0.15) is 23.5 Å². The van der Waals surface area contributed by atoms with Crippen molar-refractivity contribution in [3.63, 3.8) is 0 Å². The zero-order valence-electron chi connectivity index (χ0n) is 11.6. The number of H-pyrrole nitrogens is 1. The van der Waals surface area contributed by atoms with E-state index >= 15 is 0 Å². The summed E-state index contributed by atoms with van der Waals surface area (Å²) in [4.78, 5) is 0. The van der Waals surface area contributed by atoms with Gasteiger partial charge in [0.15, 0.2) is 0 Å². The summed E-state index contributed by atoms with van der Waals surface area (Å²) >= 11 is 0. The van der Waals surface area contributed by atoms with Crippen LogP contribution in [0, 0.1) is 0 Å². The average molecular weight is 273 g/mol. The molecule has 0 bridgehead atoms. The lowest BCUT2D eigenvalue weighted by Crippen LogP contribution is -2.09. The number of benzene rings is 2. The second-order valence-corrected chi connectivity index (χ2v) is 6.09. The first kappa shape index (κ1) is 11.1. The molecule has 0 saturated heterocycles. The largest absolute Gasteiger partial charge is 0.358 e. The normalized spacial score (nSPS) is 26.1. The maximum atomic E-state index is 4.28. The van der Waals surface area contributed by atoms with Crippen molar-refractivity contribution in [1.82, 2.24) is 10.2 Å². The maximum absolute atomic E-state index is 4.28. The molecule has 0 amide bonds. The number of para-hydroxylation sites is 1. The summed E-state index contributed by atoms with van der Waals surface area (Å²) in [6, 6.07) is 15.2. The van der Waals surface area contributed by atoms with Crippen LogP contribution in [-0.2, 0) is 5.41 Å². The number of hydrogen-bond acceptors (Lipinski definition) is 2. The summed E-state index contributed by atoms with van der Waals surface area (Å²) in [6.07, 6.45) is 3.00. The van der Waals surface area contributed by atoms with Crippen molar-refractivity contribution in [2.75, 3.05) is 5.32 Å². The van der Waals surface area contributed by atoms with E-state index < -0.39 is 0 Å². The van der Waals surface area contributed by atoms with E-state index in [1.165, 1.54) is 16.8 Å². The molecule has 0 radical (unpaired) electrons. The average Bonchev–Trinajstić information content (AvgIpc) is 2.97. The van der Waals surface area contributed by atoms with E-state index in [0.29, 0.717) is 5.92 Å². The van der Waals surface area contributed by atoms with Crippen LogP contribution in [0.5, 0.6) is 0 Å². The van der Waals surface area contributed by atoms with Crippen molar-refractivity contribution in [3.05, 3.63) is 72.1 Å². The minimum atomic E-state index is 0.0876. The Kier molecular flexibility index (Phi) is 1.89. The molecule has 3 heteroatoms. The minimum Gasteiger partial charge on any atom is -0.358 e. The van der Waals surface area contributed by atoms with Crippen LogP contribution in [0.2, 0.25) is 0 Å². The molecule has 3 aromatic rings.